The van der Waals surface area contributed by atoms with Crippen molar-refractivity contribution in [1.29, 1.82) is 0 Å². The van der Waals surface area contributed by atoms with E-state index in [-0.39, 0.29) is 35.0 Å². The highest BCUT2D eigenvalue weighted by atomic mass is 16.6. The van der Waals surface area contributed by atoms with Crippen molar-refractivity contribution in [3.8, 4) is 0 Å². The number of aliphatic hydroxyl groups excluding tert-OH is 1. The van der Waals surface area contributed by atoms with Crippen LogP contribution in [-0.4, -0.2) is 34.9 Å². The average molecular weight is 445 g/mol. The SMILES string of the molecule is CCCCCC(=O)O[C@]1(C(C)=O)CC[C@H]2[C@@H]3CCC4=CC(=O)CC[C@@]4(CO)[C@H]3CC[C@@]21C. The van der Waals surface area contributed by atoms with Gasteiger partial charge >= 0.3 is 5.97 Å². The zero-order valence-electron chi connectivity index (χ0n) is 20.1. The third kappa shape index (κ3) is 3.41. The van der Waals surface area contributed by atoms with E-state index in [0.29, 0.717) is 37.0 Å². The molecule has 3 fully saturated rings. The first-order valence-electron chi connectivity index (χ1n) is 12.8. The predicted octanol–water partition coefficient (Wildman–Crippen LogP) is 4.94. The minimum absolute atomic E-state index is 0.0127. The lowest BCUT2D eigenvalue weighted by Gasteiger charge is -2.59. The number of fused-ring (bicyclic) bond motifs is 5. The molecule has 0 aliphatic heterocycles. The molecule has 0 unspecified atom stereocenters. The van der Waals surface area contributed by atoms with E-state index in [9.17, 15) is 19.5 Å². The van der Waals surface area contributed by atoms with Crippen molar-refractivity contribution < 1.29 is 24.2 Å². The summed E-state index contributed by atoms with van der Waals surface area (Å²) < 4.78 is 6.14. The van der Waals surface area contributed by atoms with Gasteiger partial charge < -0.3 is 9.84 Å². The van der Waals surface area contributed by atoms with Crippen molar-refractivity contribution in [2.24, 2.45) is 28.6 Å². The van der Waals surface area contributed by atoms with Crippen molar-refractivity contribution >= 4 is 17.5 Å². The largest absolute Gasteiger partial charge is 0.450 e. The van der Waals surface area contributed by atoms with E-state index in [1.165, 1.54) is 0 Å². The van der Waals surface area contributed by atoms with Crippen LogP contribution in [-0.2, 0) is 19.1 Å². The van der Waals surface area contributed by atoms with Crippen molar-refractivity contribution in [3.05, 3.63) is 11.6 Å². The lowest BCUT2D eigenvalue weighted by Crippen LogP contribution is -2.59. The fourth-order valence-corrected chi connectivity index (χ4v) is 8.24. The van der Waals surface area contributed by atoms with Crippen molar-refractivity contribution in [1.82, 2.24) is 0 Å². The summed E-state index contributed by atoms with van der Waals surface area (Å²) in [6, 6.07) is 0. The first-order chi connectivity index (χ1) is 15.2. The second-order valence-electron chi connectivity index (χ2n) is 11.2. The molecule has 0 spiro atoms. The van der Waals surface area contributed by atoms with Crippen LogP contribution in [0.25, 0.3) is 0 Å². The van der Waals surface area contributed by atoms with E-state index in [1.54, 1.807) is 6.92 Å². The molecule has 178 valence electrons. The van der Waals surface area contributed by atoms with E-state index >= 15 is 0 Å². The first-order valence-corrected chi connectivity index (χ1v) is 12.8. The molecule has 32 heavy (non-hydrogen) atoms. The monoisotopic (exact) mass is 444 g/mol. The van der Waals surface area contributed by atoms with Crippen LogP contribution >= 0.6 is 0 Å². The van der Waals surface area contributed by atoms with Gasteiger partial charge in [-0.25, -0.2) is 0 Å². The molecule has 5 nitrogen and oxygen atoms in total. The molecule has 0 aromatic carbocycles. The number of ketones is 2. The van der Waals surface area contributed by atoms with Crippen LogP contribution in [0, 0.1) is 28.6 Å². The van der Waals surface area contributed by atoms with Crippen LogP contribution in [0.2, 0.25) is 0 Å². The molecule has 4 aliphatic carbocycles. The van der Waals surface area contributed by atoms with Crippen LogP contribution in [0.1, 0.15) is 97.8 Å². The molecule has 4 rings (SSSR count). The van der Waals surface area contributed by atoms with Gasteiger partial charge in [0.05, 0.1) is 6.61 Å². The van der Waals surface area contributed by atoms with Crippen molar-refractivity contribution in [2.45, 2.75) is 103 Å². The Kier molecular flexibility index (Phi) is 6.43. The zero-order valence-corrected chi connectivity index (χ0v) is 20.1. The van der Waals surface area contributed by atoms with Crippen LogP contribution in [0.4, 0.5) is 0 Å². The van der Waals surface area contributed by atoms with Gasteiger partial charge in [0.15, 0.2) is 17.2 Å². The second kappa shape index (κ2) is 8.70. The number of hydrogen-bond acceptors (Lipinski definition) is 5. The Hall–Kier alpha value is -1.49. The fraction of sp³-hybridized carbons (Fsp3) is 0.815. The number of carbonyl (C=O) groups excluding carboxylic acids is 3. The summed E-state index contributed by atoms with van der Waals surface area (Å²) in [5.41, 5.74) is -0.504. The molecule has 6 atom stereocenters. The van der Waals surface area contributed by atoms with Gasteiger partial charge in [-0.15, -0.1) is 0 Å². The molecule has 0 aromatic heterocycles. The number of esters is 1. The quantitative estimate of drug-likeness (QED) is 0.444. The summed E-state index contributed by atoms with van der Waals surface area (Å²) >= 11 is 0. The van der Waals surface area contributed by atoms with Gasteiger partial charge in [-0.2, -0.15) is 0 Å². The van der Waals surface area contributed by atoms with Gasteiger partial charge in [-0.3, -0.25) is 14.4 Å². The molecular formula is C27H40O5. The van der Waals surface area contributed by atoms with E-state index < -0.39 is 5.60 Å². The topological polar surface area (TPSA) is 80.7 Å². The lowest BCUT2D eigenvalue weighted by molar-refractivity contribution is -0.190. The standard InChI is InChI=1S/C27H40O5/c1-4-5-6-7-24(31)32-27(18(2)29)15-12-22-21-9-8-19-16-20(30)10-14-26(19,17-28)23(21)11-13-25(22,27)3/h16,21-23,28H,4-15,17H2,1-3H3/t21-,22-,23-,25-,26-,27-/m0/s1. The Morgan fingerprint density at radius 3 is 2.53 bits per heavy atom. The van der Waals surface area contributed by atoms with Crippen molar-refractivity contribution in [2.75, 3.05) is 6.61 Å². The molecular weight excluding hydrogens is 404 g/mol. The number of Topliss-reactive ketones (excluding diaryl/α,β-unsaturated/α-hetero) is 1. The maximum atomic E-state index is 13.1. The number of ether oxygens (including phenoxy) is 1. The molecule has 4 aliphatic rings. The third-order valence-corrected chi connectivity index (χ3v) is 9.93. The van der Waals surface area contributed by atoms with E-state index in [4.69, 9.17) is 4.74 Å². The minimum Gasteiger partial charge on any atom is -0.450 e. The molecule has 0 aromatic rings. The van der Waals surface area contributed by atoms with Gasteiger partial charge in [-0.05, 0) is 82.1 Å². The Labute approximate surface area is 192 Å². The minimum atomic E-state index is -1.02. The molecule has 0 bridgehead atoms. The van der Waals surface area contributed by atoms with Gasteiger partial charge in [0.2, 0.25) is 0 Å². The summed E-state index contributed by atoms with van der Waals surface area (Å²) in [5.74, 6) is 0.976. The summed E-state index contributed by atoms with van der Waals surface area (Å²) in [4.78, 5) is 37.9. The zero-order chi connectivity index (χ0) is 23.1. The molecule has 0 heterocycles. The molecule has 3 saturated carbocycles. The maximum Gasteiger partial charge on any atom is 0.306 e. The van der Waals surface area contributed by atoms with Gasteiger partial charge in [0, 0.05) is 23.7 Å². The number of rotatable bonds is 7. The third-order valence-electron chi connectivity index (χ3n) is 9.93. The molecule has 0 amide bonds. The Balaban J connectivity index is 1.61. The molecule has 0 radical (unpaired) electrons. The molecule has 0 saturated heterocycles. The van der Waals surface area contributed by atoms with Crippen LogP contribution in [0.15, 0.2) is 11.6 Å². The normalized spacial score (nSPS) is 40.7. The number of carbonyl (C=O) groups is 3. The van der Waals surface area contributed by atoms with Crippen LogP contribution in [0.3, 0.4) is 0 Å². The molecule has 1 N–H and O–H groups in total. The van der Waals surface area contributed by atoms with Gasteiger partial charge in [-0.1, -0.05) is 32.3 Å². The number of aliphatic hydroxyl groups is 1. The lowest BCUT2D eigenvalue weighted by atomic mass is 9.46. The number of unbranched alkanes of at least 4 members (excludes halogenated alkanes) is 2. The smallest absolute Gasteiger partial charge is 0.306 e. The summed E-state index contributed by atoms with van der Waals surface area (Å²) in [6.45, 7) is 5.99. The fourth-order valence-electron chi connectivity index (χ4n) is 8.24. The van der Waals surface area contributed by atoms with E-state index in [1.807, 2.05) is 6.08 Å². The van der Waals surface area contributed by atoms with Gasteiger partial charge in [0.1, 0.15) is 0 Å². The predicted molar refractivity (Wildman–Crippen MR) is 122 cm³/mol. The Morgan fingerprint density at radius 2 is 1.84 bits per heavy atom. The highest BCUT2D eigenvalue weighted by Crippen LogP contribution is 2.68. The highest BCUT2D eigenvalue weighted by molar-refractivity contribution is 5.92. The van der Waals surface area contributed by atoms with E-state index in [2.05, 4.69) is 13.8 Å². The second-order valence-corrected chi connectivity index (χ2v) is 11.2. The van der Waals surface area contributed by atoms with E-state index in [0.717, 1.165) is 63.4 Å². The molecule has 5 heteroatoms. The number of hydrogen-bond donors (Lipinski definition) is 1. The Bertz CT molecular complexity index is 815. The van der Waals surface area contributed by atoms with Crippen LogP contribution < -0.4 is 0 Å². The first kappa shape index (κ1) is 23.7. The Morgan fingerprint density at radius 1 is 1.09 bits per heavy atom. The summed E-state index contributed by atoms with van der Waals surface area (Å²) in [7, 11) is 0. The highest BCUT2D eigenvalue weighted by Gasteiger charge is 2.68. The average Bonchev–Trinajstić information content (AvgIpc) is 3.07. The maximum absolute atomic E-state index is 13.1. The van der Waals surface area contributed by atoms with Gasteiger partial charge in [0.25, 0.3) is 0 Å². The van der Waals surface area contributed by atoms with Crippen molar-refractivity contribution in [3.63, 3.8) is 0 Å². The summed E-state index contributed by atoms with van der Waals surface area (Å²) in [5, 5.41) is 10.5. The summed E-state index contributed by atoms with van der Waals surface area (Å²) in [6.07, 6.45) is 11.4. The van der Waals surface area contributed by atoms with Crippen LogP contribution in [0.5, 0.6) is 0 Å².